The molecule has 2 N–H and O–H groups in total. The predicted octanol–water partition coefficient (Wildman–Crippen LogP) is 2.03. The predicted molar refractivity (Wildman–Crippen MR) is 58.6 cm³/mol. The minimum atomic E-state index is -0.651. The second-order valence-corrected chi connectivity index (χ2v) is 3.03. The molecule has 1 heterocycles. The molecule has 0 aliphatic rings. The van der Waals surface area contributed by atoms with E-state index < -0.39 is 11.6 Å². The Morgan fingerprint density at radius 2 is 1.81 bits per heavy atom. The minimum absolute atomic E-state index is 0. The van der Waals surface area contributed by atoms with Crippen LogP contribution in [0.4, 0.5) is 8.78 Å². The zero-order valence-corrected chi connectivity index (χ0v) is 9.05. The molecule has 0 aliphatic heterocycles. The summed E-state index contributed by atoms with van der Waals surface area (Å²) in [6.07, 6.45) is 1.48. The van der Waals surface area contributed by atoms with Crippen LogP contribution >= 0.6 is 12.4 Å². The monoisotopic (exact) mass is 245 g/mol. The van der Waals surface area contributed by atoms with Gasteiger partial charge in [-0.05, 0) is 18.2 Å². The first kappa shape index (κ1) is 12.6. The smallest absolute Gasteiger partial charge is 0.151 e. The van der Waals surface area contributed by atoms with Crippen LogP contribution in [0.5, 0.6) is 0 Å². The second-order valence-electron chi connectivity index (χ2n) is 3.03. The van der Waals surface area contributed by atoms with Crippen LogP contribution in [0, 0.1) is 11.6 Å². The van der Waals surface area contributed by atoms with Gasteiger partial charge in [-0.15, -0.1) is 12.4 Å². The molecule has 1 aromatic heterocycles. The molecule has 2 aromatic rings. The molecule has 0 saturated heterocycles. The number of hydrogen-bond donors (Lipinski definition) is 1. The lowest BCUT2D eigenvalue weighted by atomic mass is 10.3. The van der Waals surface area contributed by atoms with Crippen LogP contribution in [0.3, 0.4) is 0 Å². The van der Waals surface area contributed by atoms with Gasteiger partial charge in [-0.1, -0.05) is 6.07 Å². The van der Waals surface area contributed by atoms with Gasteiger partial charge in [0.1, 0.15) is 5.69 Å². The molecule has 0 saturated carbocycles. The number of halogens is 3. The van der Waals surface area contributed by atoms with Crippen molar-refractivity contribution in [3.63, 3.8) is 0 Å². The highest BCUT2D eigenvalue weighted by atomic mass is 35.5. The standard InChI is InChI=1S/C10H9F2N3.ClH/c11-8-2-1-3-9(12)10(8)15-5-4-7(6-13)14-15;/h1-5H,6,13H2;1H. The molecule has 0 amide bonds. The summed E-state index contributed by atoms with van der Waals surface area (Å²) < 4.78 is 27.8. The molecule has 3 nitrogen and oxygen atoms in total. The first-order valence-electron chi connectivity index (χ1n) is 4.41. The summed E-state index contributed by atoms with van der Waals surface area (Å²) in [6, 6.07) is 5.29. The number of rotatable bonds is 2. The number of hydrogen-bond acceptors (Lipinski definition) is 2. The zero-order valence-electron chi connectivity index (χ0n) is 8.23. The average molecular weight is 246 g/mol. The van der Waals surface area contributed by atoms with E-state index >= 15 is 0 Å². The van der Waals surface area contributed by atoms with E-state index in [9.17, 15) is 8.78 Å². The third-order valence-electron chi connectivity index (χ3n) is 2.02. The Morgan fingerprint density at radius 1 is 1.19 bits per heavy atom. The molecule has 0 radical (unpaired) electrons. The van der Waals surface area contributed by atoms with Crippen LogP contribution in [0.15, 0.2) is 30.5 Å². The Kier molecular flexibility index (Phi) is 3.98. The van der Waals surface area contributed by atoms with Crippen molar-refractivity contribution in [2.45, 2.75) is 6.54 Å². The quantitative estimate of drug-likeness (QED) is 0.880. The van der Waals surface area contributed by atoms with Crippen LogP contribution < -0.4 is 5.73 Å². The molecular weight excluding hydrogens is 236 g/mol. The molecular formula is C10H10ClF2N3. The van der Waals surface area contributed by atoms with Gasteiger partial charge in [-0.2, -0.15) is 5.10 Å². The summed E-state index contributed by atoms with van der Waals surface area (Å²) in [5, 5.41) is 3.93. The van der Waals surface area contributed by atoms with Crippen LogP contribution in [0.2, 0.25) is 0 Å². The first-order chi connectivity index (χ1) is 7.22. The van der Waals surface area contributed by atoms with Gasteiger partial charge >= 0.3 is 0 Å². The van der Waals surface area contributed by atoms with Crippen molar-refractivity contribution in [2.24, 2.45) is 5.73 Å². The molecule has 0 atom stereocenters. The summed E-state index contributed by atoms with van der Waals surface area (Å²) in [4.78, 5) is 0. The lowest BCUT2D eigenvalue weighted by Crippen LogP contribution is -2.04. The zero-order chi connectivity index (χ0) is 10.8. The highest BCUT2D eigenvalue weighted by Crippen LogP contribution is 2.16. The maximum absolute atomic E-state index is 13.3. The second kappa shape index (κ2) is 5.05. The van der Waals surface area contributed by atoms with E-state index in [1.54, 1.807) is 6.07 Å². The van der Waals surface area contributed by atoms with Crippen molar-refractivity contribution in [1.29, 1.82) is 0 Å². The number of nitrogens with zero attached hydrogens (tertiary/aromatic N) is 2. The van der Waals surface area contributed by atoms with Gasteiger partial charge in [0.25, 0.3) is 0 Å². The van der Waals surface area contributed by atoms with E-state index in [2.05, 4.69) is 5.10 Å². The third-order valence-corrected chi connectivity index (χ3v) is 2.02. The Bertz CT molecular complexity index is 464. The maximum atomic E-state index is 13.3. The summed E-state index contributed by atoms with van der Waals surface area (Å²) in [5.41, 5.74) is 5.75. The van der Waals surface area contributed by atoms with E-state index in [1.807, 2.05) is 0 Å². The van der Waals surface area contributed by atoms with Crippen molar-refractivity contribution in [1.82, 2.24) is 9.78 Å². The SMILES string of the molecule is Cl.NCc1ccn(-c2c(F)cccc2F)n1. The normalized spacial score (nSPS) is 9.94. The molecule has 16 heavy (non-hydrogen) atoms. The third kappa shape index (κ3) is 2.20. The van der Waals surface area contributed by atoms with Gasteiger partial charge < -0.3 is 5.73 Å². The van der Waals surface area contributed by atoms with Crippen LogP contribution in [-0.2, 0) is 6.54 Å². The van der Waals surface area contributed by atoms with Crippen LogP contribution in [-0.4, -0.2) is 9.78 Å². The molecule has 0 bridgehead atoms. The van der Waals surface area contributed by atoms with Crippen molar-refractivity contribution in [3.8, 4) is 5.69 Å². The van der Waals surface area contributed by atoms with Crippen LogP contribution in [0.1, 0.15) is 5.69 Å². The maximum Gasteiger partial charge on any atom is 0.151 e. The summed E-state index contributed by atoms with van der Waals surface area (Å²) >= 11 is 0. The van der Waals surface area contributed by atoms with Gasteiger partial charge in [0.15, 0.2) is 11.6 Å². The molecule has 6 heteroatoms. The lowest BCUT2D eigenvalue weighted by molar-refractivity contribution is 0.559. The average Bonchev–Trinajstić information content (AvgIpc) is 2.66. The molecule has 0 aliphatic carbocycles. The Hall–Kier alpha value is -1.46. The molecule has 0 spiro atoms. The number of benzene rings is 1. The molecule has 1 aromatic carbocycles. The molecule has 0 fully saturated rings. The van der Waals surface area contributed by atoms with Gasteiger partial charge in [0.2, 0.25) is 0 Å². The fourth-order valence-electron chi connectivity index (χ4n) is 1.30. The topological polar surface area (TPSA) is 43.8 Å². The van der Waals surface area contributed by atoms with E-state index in [1.165, 1.54) is 24.4 Å². The van der Waals surface area contributed by atoms with Gasteiger partial charge in [-0.3, -0.25) is 0 Å². The largest absolute Gasteiger partial charge is 0.325 e. The summed E-state index contributed by atoms with van der Waals surface area (Å²) in [6.45, 7) is 0.239. The Morgan fingerprint density at radius 3 is 2.31 bits per heavy atom. The van der Waals surface area contributed by atoms with Gasteiger partial charge in [0, 0.05) is 12.7 Å². The Balaban J connectivity index is 0.00000128. The molecule has 2 rings (SSSR count). The fraction of sp³-hybridized carbons (Fsp3) is 0.100. The lowest BCUT2D eigenvalue weighted by Gasteiger charge is -2.03. The van der Waals surface area contributed by atoms with E-state index in [0.29, 0.717) is 5.69 Å². The van der Waals surface area contributed by atoms with Gasteiger partial charge in [-0.25, -0.2) is 13.5 Å². The summed E-state index contributed by atoms with van der Waals surface area (Å²) in [5.74, 6) is -1.30. The minimum Gasteiger partial charge on any atom is -0.325 e. The first-order valence-corrected chi connectivity index (χ1v) is 4.41. The van der Waals surface area contributed by atoms with Gasteiger partial charge in [0.05, 0.1) is 5.69 Å². The van der Waals surface area contributed by atoms with Crippen LogP contribution in [0.25, 0.3) is 5.69 Å². The highest BCUT2D eigenvalue weighted by Gasteiger charge is 2.11. The van der Waals surface area contributed by atoms with Crippen molar-refractivity contribution < 1.29 is 8.78 Å². The van der Waals surface area contributed by atoms with Crippen molar-refractivity contribution in [3.05, 3.63) is 47.8 Å². The number of nitrogens with two attached hydrogens (primary N) is 1. The highest BCUT2D eigenvalue weighted by molar-refractivity contribution is 5.85. The molecule has 86 valence electrons. The fourth-order valence-corrected chi connectivity index (χ4v) is 1.30. The van der Waals surface area contributed by atoms with Crippen molar-refractivity contribution in [2.75, 3.05) is 0 Å². The van der Waals surface area contributed by atoms with E-state index in [-0.39, 0.29) is 24.6 Å². The number of aromatic nitrogens is 2. The van der Waals surface area contributed by atoms with E-state index in [4.69, 9.17) is 5.73 Å². The molecule has 0 unspecified atom stereocenters. The summed E-state index contributed by atoms with van der Waals surface area (Å²) in [7, 11) is 0. The van der Waals surface area contributed by atoms with E-state index in [0.717, 1.165) is 4.68 Å². The Labute approximate surface area is 97.3 Å². The number of para-hydroxylation sites is 1. The van der Waals surface area contributed by atoms with Crippen molar-refractivity contribution >= 4 is 12.4 Å².